The molecule has 5 heteroatoms. The van der Waals surface area contributed by atoms with Crippen molar-refractivity contribution in [3.05, 3.63) is 34.9 Å². The Labute approximate surface area is 155 Å². The second-order valence-corrected chi connectivity index (χ2v) is 7.85. The molecule has 0 radical (unpaired) electrons. The average molecular weight is 369 g/mol. The van der Waals surface area contributed by atoms with Crippen molar-refractivity contribution in [3.8, 4) is 0 Å². The molecule has 3 saturated heterocycles. The summed E-state index contributed by atoms with van der Waals surface area (Å²) in [5.74, 6) is 0.896. The molecule has 132 valence electrons. The maximum atomic E-state index is 12.9. The van der Waals surface area contributed by atoms with Gasteiger partial charge in [-0.15, -0.1) is 12.4 Å². The van der Waals surface area contributed by atoms with Crippen LogP contribution in [0.3, 0.4) is 0 Å². The minimum Gasteiger partial charge on any atom is -0.336 e. The van der Waals surface area contributed by atoms with Crippen molar-refractivity contribution >= 4 is 29.9 Å². The van der Waals surface area contributed by atoms with E-state index >= 15 is 0 Å². The highest BCUT2D eigenvalue weighted by Crippen LogP contribution is 2.38. The van der Waals surface area contributed by atoms with Crippen LogP contribution in [0, 0.1) is 5.92 Å². The summed E-state index contributed by atoms with van der Waals surface area (Å²) >= 11 is 6.37. The Kier molecular flexibility index (Phi) is 5.74. The molecule has 1 aromatic rings. The van der Waals surface area contributed by atoms with Gasteiger partial charge in [0.15, 0.2) is 0 Å². The van der Waals surface area contributed by atoms with Crippen molar-refractivity contribution in [3.63, 3.8) is 0 Å². The zero-order valence-corrected chi connectivity index (χ0v) is 15.5. The lowest BCUT2D eigenvalue weighted by Crippen LogP contribution is -2.40. The molecule has 4 rings (SSSR count). The molecule has 1 N–H and O–H groups in total. The Morgan fingerprint density at radius 1 is 1.17 bits per heavy atom. The molecule has 1 amide bonds. The standard InChI is InChI=1S/C19H25ClN2O.ClH/c20-17-5-2-1-4-16(17)18-6-3-9-22(18)19(23)12-13-10-14-7-8-15(11-13)21-14;/h1-2,4-5,13-15,18,21H,3,6-12H2;1H. The lowest BCUT2D eigenvalue weighted by Gasteiger charge is -2.31. The first-order chi connectivity index (χ1) is 11.2. The number of hydrogen-bond donors (Lipinski definition) is 1. The van der Waals surface area contributed by atoms with Crippen LogP contribution in [-0.2, 0) is 4.79 Å². The van der Waals surface area contributed by atoms with Gasteiger partial charge in [-0.05, 0) is 56.1 Å². The van der Waals surface area contributed by atoms with E-state index in [-0.39, 0.29) is 18.4 Å². The first-order valence-electron chi connectivity index (χ1n) is 9.00. The highest BCUT2D eigenvalue weighted by Gasteiger charge is 2.37. The van der Waals surface area contributed by atoms with Crippen LogP contribution in [-0.4, -0.2) is 29.4 Å². The molecule has 3 atom stereocenters. The molecule has 0 aliphatic carbocycles. The van der Waals surface area contributed by atoms with Gasteiger partial charge in [0.2, 0.25) is 5.91 Å². The summed E-state index contributed by atoms with van der Waals surface area (Å²) in [6.45, 7) is 0.881. The maximum absolute atomic E-state index is 12.9. The number of benzene rings is 1. The van der Waals surface area contributed by atoms with Crippen molar-refractivity contribution in [2.75, 3.05) is 6.54 Å². The van der Waals surface area contributed by atoms with Crippen molar-refractivity contribution in [1.29, 1.82) is 0 Å². The molecule has 24 heavy (non-hydrogen) atoms. The van der Waals surface area contributed by atoms with Gasteiger partial charge < -0.3 is 10.2 Å². The second kappa shape index (κ2) is 7.63. The van der Waals surface area contributed by atoms with E-state index in [1.54, 1.807) is 0 Å². The quantitative estimate of drug-likeness (QED) is 0.859. The summed E-state index contributed by atoms with van der Waals surface area (Å²) in [7, 11) is 0. The molecule has 3 fully saturated rings. The van der Waals surface area contributed by atoms with Crippen LogP contribution in [0.15, 0.2) is 24.3 Å². The predicted octanol–water partition coefficient (Wildman–Crippen LogP) is 4.35. The van der Waals surface area contributed by atoms with Gasteiger partial charge >= 0.3 is 0 Å². The topological polar surface area (TPSA) is 32.3 Å². The number of carbonyl (C=O) groups excluding carboxylic acids is 1. The average Bonchev–Trinajstić information content (AvgIpc) is 3.14. The number of hydrogen-bond acceptors (Lipinski definition) is 2. The van der Waals surface area contributed by atoms with E-state index in [9.17, 15) is 4.79 Å². The van der Waals surface area contributed by atoms with Crippen molar-refractivity contribution in [2.24, 2.45) is 5.92 Å². The Bertz CT molecular complexity index is 582. The van der Waals surface area contributed by atoms with E-state index in [2.05, 4.69) is 16.3 Å². The number of likely N-dealkylation sites (tertiary alicyclic amines) is 1. The van der Waals surface area contributed by atoms with Gasteiger partial charge in [-0.2, -0.15) is 0 Å². The Morgan fingerprint density at radius 2 is 1.88 bits per heavy atom. The first kappa shape index (κ1) is 18.0. The normalized spacial score (nSPS) is 31.8. The number of fused-ring (bicyclic) bond motifs is 2. The number of carbonyl (C=O) groups is 1. The fourth-order valence-corrected chi connectivity index (χ4v) is 5.10. The third-order valence-electron chi connectivity index (χ3n) is 5.87. The lowest BCUT2D eigenvalue weighted by molar-refractivity contribution is -0.133. The van der Waals surface area contributed by atoms with Crippen LogP contribution >= 0.6 is 24.0 Å². The van der Waals surface area contributed by atoms with Gasteiger partial charge in [-0.1, -0.05) is 29.8 Å². The number of amides is 1. The molecule has 0 spiro atoms. The molecule has 3 aliphatic heterocycles. The molecule has 3 nitrogen and oxygen atoms in total. The number of piperidine rings is 1. The zero-order valence-electron chi connectivity index (χ0n) is 13.9. The van der Waals surface area contributed by atoms with Gasteiger partial charge in [0.1, 0.15) is 0 Å². The summed E-state index contributed by atoms with van der Waals surface area (Å²) in [6.07, 6.45) is 7.77. The highest BCUT2D eigenvalue weighted by atomic mass is 35.5. The van der Waals surface area contributed by atoms with Crippen LogP contribution in [0.1, 0.15) is 56.6 Å². The molecule has 3 unspecified atom stereocenters. The monoisotopic (exact) mass is 368 g/mol. The summed E-state index contributed by atoms with van der Waals surface area (Å²) in [6, 6.07) is 9.47. The van der Waals surface area contributed by atoms with Gasteiger partial charge in [0.25, 0.3) is 0 Å². The van der Waals surface area contributed by atoms with Crippen LogP contribution < -0.4 is 5.32 Å². The molecule has 3 heterocycles. The van der Waals surface area contributed by atoms with Crippen molar-refractivity contribution in [1.82, 2.24) is 10.2 Å². The molecule has 2 bridgehead atoms. The molecular weight excluding hydrogens is 343 g/mol. The van der Waals surface area contributed by atoms with E-state index in [4.69, 9.17) is 11.6 Å². The van der Waals surface area contributed by atoms with Crippen molar-refractivity contribution in [2.45, 2.75) is 63.1 Å². The van der Waals surface area contributed by atoms with Gasteiger partial charge in [-0.3, -0.25) is 4.79 Å². The minimum atomic E-state index is 0. The fourth-order valence-electron chi connectivity index (χ4n) is 4.84. The lowest BCUT2D eigenvalue weighted by atomic mass is 9.89. The number of rotatable bonds is 3. The summed E-state index contributed by atoms with van der Waals surface area (Å²) < 4.78 is 0. The fraction of sp³-hybridized carbons (Fsp3) is 0.632. The predicted molar refractivity (Wildman–Crippen MR) is 99.7 cm³/mol. The third kappa shape index (κ3) is 3.58. The van der Waals surface area contributed by atoms with Gasteiger partial charge in [0, 0.05) is 30.1 Å². The van der Waals surface area contributed by atoms with Crippen LogP contribution in [0.25, 0.3) is 0 Å². The number of nitrogens with zero attached hydrogens (tertiary/aromatic N) is 1. The molecule has 3 aliphatic rings. The molecule has 0 saturated carbocycles. The summed E-state index contributed by atoms with van der Waals surface area (Å²) in [5.41, 5.74) is 1.12. The van der Waals surface area contributed by atoms with Crippen LogP contribution in [0.4, 0.5) is 0 Å². The largest absolute Gasteiger partial charge is 0.336 e. The highest BCUT2D eigenvalue weighted by molar-refractivity contribution is 6.31. The Hall–Kier alpha value is -0.770. The van der Waals surface area contributed by atoms with Crippen LogP contribution in [0.5, 0.6) is 0 Å². The third-order valence-corrected chi connectivity index (χ3v) is 6.22. The molecular formula is C19H26Cl2N2O. The van der Waals surface area contributed by atoms with E-state index < -0.39 is 0 Å². The number of nitrogens with one attached hydrogen (secondary N) is 1. The zero-order chi connectivity index (χ0) is 15.8. The summed E-state index contributed by atoms with van der Waals surface area (Å²) in [5, 5.41) is 4.45. The summed E-state index contributed by atoms with van der Waals surface area (Å²) in [4.78, 5) is 15.0. The smallest absolute Gasteiger partial charge is 0.223 e. The van der Waals surface area contributed by atoms with Gasteiger partial charge in [-0.25, -0.2) is 0 Å². The van der Waals surface area contributed by atoms with E-state index in [1.807, 2.05) is 18.2 Å². The van der Waals surface area contributed by atoms with E-state index in [0.717, 1.165) is 36.4 Å². The maximum Gasteiger partial charge on any atom is 0.223 e. The minimum absolute atomic E-state index is 0. The van der Waals surface area contributed by atoms with E-state index in [0.29, 0.717) is 23.9 Å². The van der Waals surface area contributed by atoms with E-state index in [1.165, 1.54) is 25.7 Å². The Morgan fingerprint density at radius 3 is 2.58 bits per heavy atom. The molecule has 0 aromatic heterocycles. The van der Waals surface area contributed by atoms with Crippen LogP contribution in [0.2, 0.25) is 5.02 Å². The SMILES string of the molecule is Cl.O=C(CC1CC2CCC(C1)N2)N1CCCC1c1ccccc1Cl. The second-order valence-electron chi connectivity index (χ2n) is 7.45. The first-order valence-corrected chi connectivity index (χ1v) is 9.38. The molecule has 1 aromatic carbocycles. The Balaban J connectivity index is 0.00000169. The van der Waals surface area contributed by atoms with Gasteiger partial charge in [0.05, 0.1) is 6.04 Å². The number of halogens is 2. The van der Waals surface area contributed by atoms with Crippen molar-refractivity contribution < 1.29 is 4.79 Å².